The molecular weight excluding hydrogens is 230 g/mol. The number of aliphatic hydroxyl groups is 1. The van der Waals surface area contributed by atoms with Gasteiger partial charge in [-0.15, -0.1) is 0 Å². The van der Waals surface area contributed by atoms with Crippen LogP contribution >= 0.6 is 0 Å². The van der Waals surface area contributed by atoms with Crippen molar-refractivity contribution in [3.8, 4) is 0 Å². The molecule has 0 saturated carbocycles. The maximum absolute atomic E-state index is 12.3. The lowest BCUT2D eigenvalue weighted by atomic mass is 9.77. The van der Waals surface area contributed by atoms with Gasteiger partial charge in [0.05, 0.1) is 0 Å². The van der Waals surface area contributed by atoms with Gasteiger partial charge in [0.2, 0.25) is 0 Å². The largest absolute Gasteiger partial charge is 0.396 e. The lowest BCUT2D eigenvalue weighted by Gasteiger charge is -2.30. The highest BCUT2D eigenvalue weighted by Gasteiger charge is 2.39. The van der Waals surface area contributed by atoms with Gasteiger partial charge in [0.1, 0.15) is 5.54 Å². The van der Waals surface area contributed by atoms with Crippen LogP contribution < -0.4 is 0 Å². The van der Waals surface area contributed by atoms with E-state index in [4.69, 9.17) is 10.6 Å². The highest BCUT2D eigenvalue weighted by atomic mass is 16.3. The molecule has 2 rings (SSSR count). The van der Waals surface area contributed by atoms with Crippen molar-refractivity contribution in [2.24, 2.45) is 5.11 Å². The van der Waals surface area contributed by atoms with E-state index in [9.17, 15) is 4.79 Å². The molecule has 5 heteroatoms. The number of benzene rings is 1. The minimum atomic E-state index is -1.22. The van der Waals surface area contributed by atoms with Gasteiger partial charge in [-0.25, -0.2) is 0 Å². The average Bonchev–Trinajstić information content (AvgIpc) is 2.37. The second-order valence-electron chi connectivity index (χ2n) is 4.32. The molecule has 0 spiro atoms. The van der Waals surface area contributed by atoms with Gasteiger partial charge in [0.15, 0.2) is 5.78 Å². The summed E-state index contributed by atoms with van der Waals surface area (Å²) in [6.07, 6.45) is 2.02. The second kappa shape index (κ2) is 4.64. The van der Waals surface area contributed by atoms with Crippen LogP contribution in [0.2, 0.25) is 0 Å². The zero-order valence-corrected chi connectivity index (χ0v) is 10.00. The van der Waals surface area contributed by atoms with E-state index in [0.717, 1.165) is 5.56 Å². The summed E-state index contributed by atoms with van der Waals surface area (Å²) in [6, 6.07) is 7.32. The fraction of sp³-hybridized carbons (Fsp3) is 0.308. The van der Waals surface area contributed by atoms with Crippen LogP contribution in [0.4, 0.5) is 0 Å². The number of aliphatic hydroxyl groups excluding tert-OH is 1. The lowest BCUT2D eigenvalue weighted by Crippen LogP contribution is -2.34. The van der Waals surface area contributed by atoms with Gasteiger partial charge in [-0.2, -0.15) is 0 Å². The summed E-state index contributed by atoms with van der Waals surface area (Å²) in [5.41, 5.74) is 9.51. The number of ketones is 1. The molecular formula is C13H13N3O2. The number of Topliss-reactive ketones (excluding diaryl/α,β-unsaturated/α-hetero) is 1. The molecule has 1 aromatic rings. The normalized spacial score (nSPS) is 21.9. The number of hydrogen-bond acceptors (Lipinski definition) is 3. The maximum atomic E-state index is 12.3. The van der Waals surface area contributed by atoms with Crippen molar-refractivity contribution < 1.29 is 9.90 Å². The number of nitrogens with zero attached hydrogens (tertiary/aromatic N) is 3. The van der Waals surface area contributed by atoms with Crippen LogP contribution in [-0.4, -0.2) is 17.5 Å². The molecule has 0 heterocycles. The van der Waals surface area contributed by atoms with E-state index in [0.29, 0.717) is 11.1 Å². The van der Waals surface area contributed by atoms with E-state index in [1.165, 1.54) is 0 Å². The SMILES string of the molecule is CC1(N=[N+]=[N-])C(=O)C(CCO)=Cc2ccccc21. The van der Waals surface area contributed by atoms with Crippen molar-refractivity contribution in [3.63, 3.8) is 0 Å². The summed E-state index contributed by atoms with van der Waals surface area (Å²) < 4.78 is 0. The number of fused-ring (bicyclic) bond motifs is 1. The van der Waals surface area contributed by atoms with E-state index in [-0.39, 0.29) is 18.8 Å². The first kappa shape index (κ1) is 12.4. The summed E-state index contributed by atoms with van der Waals surface area (Å²) in [5, 5.41) is 12.7. The van der Waals surface area contributed by atoms with Crippen LogP contribution in [0.1, 0.15) is 24.5 Å². The number of azide groups is 1. The summed E-state index contributed by atoms with van der Waals surface area (Å²) >= 11 is 0. The molecule has 18 heavy (non-hydrogen) atoms. The molecule has 1 N–H and O–H groups in total. The Bertz CT molecular complexity index is 573. The minimum absolute atomic E-state index is 0.105. The number of carbonyl (C=O) groups is 1. The van der Waals surface area contributed by atoms with Crippen molar-refractivity contribution in [1.29, 1.82) is 0 Å². The van der Waals surface area contributed by atoms with Gasteiger partial charge in [0, 0.05) is 11.5 Å². The Labute approximate surface area is 104 Å². The Morgan fingerprint density at radius 3 is 2.83 bits per heavy atom. The molecule has 0 saturated heterocycles. The molecule has 0 fully saturated rings. The van der Waals surface area contributed by atoms with Crippen LogP contribution in [-0.2, 0) is 10.3 Å². The summed E-state index contributed by atoms with van der Waals surface area (Å²) in [4.78, 5) is 15.1. The van der Waals surface area contributed by atoms with Crippen LogP contribution in [0.3, 0.4) is 0 Å². The van der Waals surface area contributed by atoms with Crippen molar-refractivity contribution >= 4 is 11.9 Å². The van der Waals surface area contributed by atoms with E-state index in [2.05, 4.69) is 10.0 Å². The van der Waals surface area contributed by atoms with Crippen molar-refractivity contribution in [3.05, 3.63) is 51.4 Å². The molecule has 1 unspecified atom stereocenters. The Kier molecular flexibility index (Phi) is 3.19. The Hall–Kier alpha value is -2.10. The topological polar surface area (TPSA) is 86.1 Å². The van der Waals surface area contributed by atoms with Gasteiger partial charge in [0.25, 0.3) is 0 Å². The average molecular weight is 243 g/mol. The summed E-state index contributed by atoms with van der Waals surface area (Å²) in [6.45, 7) is 1.50. The van der Waals surface area contributed by atoms with Crippen LogP contribution in [0.25, 0.3) is 16.5 Å². The summed E-state index contributed by atoms with van der Waals surface area (Å²) in [5.74, 6) is -0.243. The van der Waals surface area contributed by atoms with Crippen molar-refractivity contribution in [2.75, 3.05) is 6.61 Å². The van der Waals surface area contributed by atoms with Gasteiger partial charge in [-0.3, -0.25) is 4.79 Å². The van der Waals surface area contributed by atoms with E-state index < -0.39 is 5.54 Å². The molecule has 1 aliphatic carbocycles. The third-order valence-corrected chi connectivity index (χ3v) is 3.17. The molecule has 0 aromatic heterocycles. The van der Waals surface area contributed by atoms with Crippen LogP contribution in [0.5, 0.6) is 0 Å². The minimum Gasteiger partial charge on any atom is -0.396 e. The van der Waals surface area contributed by atoms with Crippen molar-refractivity contribution in [1.82, 2.24) is 0 Å². The first-order valence-electron chi connectivity index (χ1n) is 5.65. The van der Waals surface area contributed by atoms with Crippen molar-refractivity contribution in [2.45, 2.75) is 18.9 Å². The first-order valence-corrected chi connectivity index (χ1v) is 5.65. The standard InChI is InChI=1S/C13H13N3O2/c1-13(15-16-14)11-5-3-2-4-9(11)8-10(6-7-17)12(13)18/h2-5,8,17H,6-7H2,1H3. The van der Waals surface area contributed by atoms with E-state index in [1.807, 2.05) is 18.2 Å². The smallest absolute Gasteiger partial charge is 0.175 e. The molecule has 1 atom stereocenters. The lowest BCUT2D eigenvalue weighted by molar-refractivity contribution is -0.120. The third-order valence-electron chi connectivity index (χ3n) is 3.17. The molecule has 0 aliphatic heterocycles. The number of hydrogen-bond donors (Lipinski definition) is 1. The second-order valence-corrected chi connectivity index (χ2v) is 4.32. The van der Waals surface area contributed by atoms with Crippen LogP contribution in [0.15, 0.2) is 35.0 Å². The highest BCUT2D eigenvalue weighted by molar-refractivity contribution is 6.09. The fourth-order valence-electron chi connectivity index (χ4n) is 2.25. The monoisotopic (exact) mass is 243 g/mol. The molecule has 5 nitrogen and oxygen atoms in total. The zero-order valence-electron chi connectivity index (χ0n) is 10.00. The van der Waals surface area contributed by atoms with Gasteiger partial charge >= 0.3 is 0 Å². The Balaban J connectivity index is 2.66. The Morgan fingerprint density at radius 1 is 1.44 bits per heavy atom. The quantitative estimate of drug-likeness (QED) is 0.502. The molecule has 1 aromatic carbocycles. The molecule has 0 radical (unpaired) electrons. The molecule has 1 aliphatic rings. The predicted octanol–water partition coefficient (Wildman–Crippen LogP) is 2.56. The van der Waals surface area contributed by atoms with Gasteiger partial charge < -0.3 is 5.11 Å². The van der Waals surface area contributed by atoms with Gasteiger partial charge in [-0.05, 0) is 41.7 Å². The van der Waals surface area contributed by atoms with Crippen LogP contribution in [0, 0.1) is 0 Å². The number of carbonyl (C=O) groups excluding carboxylic acids is 1. The van der Waals surface area contributed by atoms with Gasteiger partial charge in [-0.1, -0.05) is 29.4 Å². The molecule has 0 amide bonds. The highest BCUT2D eigenvalue weighted by Crippen LogP contribution is 2.38. The molecule has 92 valence electrons. The zero-order chi connectivity index (χ0) is 13.2. The number of rotatable bonds is 3. The van der Waals surface area contributed by atoms with E-state index >= 15 is 0 Å². The van der Waals surface area contributed by atoms with E-state index in [1.54, 1.807) is 19.1 Å². The Morgan fingerprint density at radius 2 is 2.17 bits per heavy atom. The fourth-order valence-corrected chi connectivity index (χ4v) is 2.25. The maximum Gasteiger partial charge on any atom is 0.175 e. The summed E-state index contributed by atoms with van der Waals surface area (Å²) in [7, 11) is 0. The predicted molar refractivity (Wildman–Crippen MR) is 67.6 cm³/mol. The molecule has 0 bridgehead atoms. The third kappa shape index (κ3) is 1.79. The first-order chi connectivity index (χ1) is 8.63.